The molecule has 7 aliphatic heterocycles. The number of fused-ring (bicyclic) bond motifs is 15. The second-order valence-corrected chi connectivity index (χ2v) is 34.1. The first-order valence-electron chi connectivity index (χ1n) is 43.1. The molecule has 2 saturated heterocycles. The monoisotopic (exact) mass is 1770 g/mol. The number of piperazine rings is 1. The Kier molecular flexibility index (Phi) is 23.6. The molecule has 9 heterocycles. The highest BCUT2D eigenvalue weighted by molar-refractivity contribution is 6.48. The average Bonchev–Trinajstić information content (AvgIpc) is 1.57. The number of guanidine groups is 5. The maximum atomic E-state index is 13.4. The number of ether oxygens (including phenoxy) is 1. The fourth-order valence-corrected chi connectivity index (χ4v) is 17.4. The summed E-state index contributed by atoms with van der Waals surface area (Å²) in [7, 11) is 22.4. The van der Waals surface area contributed by atoms with Gasteiger partial charge in [-0.2, -0.15) is 5.10 Å². The molecule has 1 amide bonds. The maximum absolute atomic E-state index is 13.4. The number of likely N-dealkylation sites (N-methyl/N-ethyl adjacent to an activating group) is 1. The zero-order valence-electron chi connectivity index (χ0n) is 75.3. The predicted octanol–water partition coefficient (Wildman–Crippen LogP) is 13.3. The minimum Gasteiger partial charge on any atom is -0.378 e. The number of halogens is 1. The molecule has 0 bridgehead atoms. The summed E-state index contributed by atoms with van der Waals surface area (Å²) in [6.07, 6.45) is 3.52. The smallest absolute Gasteiger partial charge is 0.253 e. The summed E-state index contributed by atoms with van der Waals surface area (Å²) in [5.41, 5.74) is 22.9. The molecule has 0 atom stereocenters. The molecule has 2 aromatic heterocycles. The number of anilines is 1. The van der Waals surface area contributed by atoms with Gasteiger partial charge in [0, 0.05) is 206 Å². The van der Waals surface area contributed by atoms with Crippen LogP contribution in [0.5, 0.6) is 0 Å². The van der Waals surface area contributed by atoms with Gasteiger partial charge < -0.3 is 48.5 Å². The van der Waals surface area contributed by atoms with Gasteiger partial charge in [0.1, 0.15) is 62.8 Å². The molecule has 5 aliphatic carbocycles. The van der Waals surface area contributed by atoms with E-state index in [1.807, 2.05) is 248 Å². The SMILES string of the molecule is CN(C)C(=O)c1cccc(C2=C3N=C(N(C)C)N=C3c3ccccc3C2=O)c1.CN(C)C1=NC2=C(c3ccc(N4CCOCC4)cc3)C(=O)c3ccccc3C2=N1.CN(C)C1=NC2=C(c3cnn(C)c3)C(=O)c3ccccc3C2=N1.CN1CCN(C2=NC3=C(c4ccccc4Cl)C(=O)c4ccccc4C3=N2)CC1.Cc1noc(C)c1C1=C2N=C(N(C)C)N=C2c2ccccc2C1=O. The van der Waals surface area contributed by atoms with Gasteiger partial charge in [0.25, 0.3) is 5.91 Å². The summed E-state index contributed by atoms with van der Waals surface area (Å²) in [6, 6.07) is 60.4. The van der Waals surface area contributed by atoms with Crippen LogP contribution in [0.2, 0.25) is 5.02 Å². The highest BCUT2D eigenvalue weighted by Gasteiger charge is 2.43. The lowest BCUT2D eigenvalue weighted by Crippen LogP contribution is -2.46. The number of rotatable bonds is 7. The number of aromatic nitrogens is 3. The lowest BCUT2D eigenvalue weighted by atomic mass is 9.83. The van der Waals surface area contributed by atoms with Crippen molar-refractivity contribution in [3.63, 3.8) is 0 Å². The van der Waals surface area contributed by atoms with Crippen LogP contribution in [0.25, 0.3) is 27.9 Å². The number of ketones is 5. The second kappa shape index (κ2) is 35.8. The van der Waals surface area contributed by atoms with Gasteiger partial charge in [-0.3, -0.25) is 33.4 Å². The maximum Gasteiger partial charge on any atom is 0.253 e. The van der Waals surface area contributed by atoms with Crippen molar-refractivity contribution in [3.8, 4) is 0 Å². The third-order valence-electron chi connectivity index (χ3n) is 23.8. The molecule has 132 heavy (non-hydrogen) atoms. The number of hydrogen-bond acceptors (Lipinski definition) is 27. The van der Waals surface area contributed by atoms with E-state index >= 15 is 0 Å². The summed E-state index contributed by atoms with van der Waals surface area (Å²) >= 11 is 6.45. The lowest BCUT2D eigenvalue weighted by molar-refractivity contribution is 0.0826. The van der Waals surface area contributed by atoms with E-state index in [4.69, 9.17) is 40.8 Å². The van der Waals surface area contributed by atoms with Crippen molar-refractivity contribution < 1.29 is 38.0 Å². The topological polar surface area (TPSA) is 305 Å². The van der Waals surface area contributed by atoms with E-state index in [0.717, 1.165) is 120 Å². The van der Waals surface area contributed by atoms with Gasteiger partial charge in [0.15, 0.2) is 28.9 Å². The summed E-state index contributed by atoms with van der Waals surface area (Å²) in [6.45, 7) is 10.6. The highest BCUT2D eigenvalue weighted by Crippen LogP contribution is 2.44. The Morgan fingerprint density at radius 1 is 0.371 bits per heavy atom. The summed E-state index contributed by atoms with van der Waals surface area (Å²) in [4.78, 5) is 141. The van der Waals surface area contributed by atoms with Gasteiger partial charge >= 0.3 is 0 Å². The molecule has 12 aliphatic rings. The molecule has 29 nitrogen and oxygen atoms in total. The highest BCUT2D eigenvalue weighted by atomic mass is 35.5. The van der Waals surface area contributed by atoms with Crippen molar-refractivity contribution in [2.24, 2.45) is 57.0 Å². The quantitative estimate of drug-likeness (QED) is 0.143. The molecular weight excluding hydrogens is 1680 g/mol. The number of nitrogens with zero attached hydrogens (tertiary/aromatic N) is 21. The zero-order valence-corrected chi connectivity index (χ0v) is 76.1. The van der Waals surface area contributed by atoms with Crippen LogP contribution in [-0.4, -0.2) is 272 Å². The van der Waals surface area contributed by atoms with Crippen molar-refractivity contribution in [1.82, 2.24) is 49.2 Å². The van der Waals surface area contributed by atoms with Crippen LogP contribution in [0, 0.1) is 13.8 Å². The molecule has 22 rings (SSSR count). The van der Waals surface area contributed by atoms with Gasteiger partial charge in [0.05, 0.1) is 58.5 Å². The molecule has 0 unspecified atom stereocenters. The summed E-state index contributed by atoms with van der Waals surface area (Å²) < 4.78 is 12.4. The first kappa shape index (κ1) is 87.1. The largest absolute Gasteiger partial charge is 0.378 e. The van der Waals surface area contributed by atoms with E-state index in [-0.39, 0.29) is 34.8 Å². The molecular formula is C102H92ClN21O8. The first-order chi connectivity index (χ1) is 63.7. The number of allylic oxidation sites excluding steroid dienone is 10. The number of aliphatic imine (C=N–C) groups is 10. The van der Waals surface area contributed by atoms with Crippen molar-refractivity contribution in [1.29, 1.82) is 0 Å². The minimum absolute atomic E-state index is 0.00238. The van der Waals surface area contributed by atoms with Gasteiger partial charge in [-0.25, -0.2) is 49.9 Å². The van der Waals surface area contributed by atoms with Gasteiger partial charge in [0.2, 0.25) is 29.8 Å². The average molecular weight is 1780 g/mol. The number of Topliss-reactive ketones (excluding diaryl/α,β-unsaturated/α-hetero) is 5. The van der Waals surface area contributed by atoms with E-state index in [9.17, 15) is 28.8 Å². The molecule has 0 spiro atoms. The van der Waals surface area contributed by atoms with Crippen LogP contribution in [0.15, 0.2) is 289 Å². The third kappa shape index (κ3) is 16.1. The van der Waals surface area contributed by atoms with Gasteiger partial charge in [-0.05, 0) is 62.4 Å². The van der Waals surface area contributed by atoms with Crippen LogP contribution in [-0.2, 0) is 11.8 Å². The Hall–Kier alpha value is -15.6. The Morgan fingerprint density at radius 3 is 1.15 bits per heavy atom. The number of amides is 1. The number of hydrogen-bond donors (Lipinski definition) is 0. The van der Waals surface area contributed by atoms with Crippen LogP contribution in [0.3, 0.4) is 0 Å². The van der Waals surface area contributed by atoms with Gasteiger partial charge in [-0.15, -0.1) is 0 Å². The minimum atomic E-state index is -0.117. The number of carbonyl (C=O) groups excluding carboxylic acids is 6. The number of aryl methyl sites for hydroxylation is 3. The molecule has 10 aromatic rings. The molecule has 8 aromatic carbocycles. The fourth-order valence-electron chi connectivity index (χ4n) is 17.1. The summed E-state index contributed by atoms with van der Waals surface area (Å²) in [5, 5.41) is 8.71. The molecule has 0 radical (unpaired) electrons. The van der Waals surface area contributed by atoms with Crippen LogP contribution < -0.4 is 4.90 Å². The van der Waals surface area contributed by atoms with E-state index in [2.05, 4.69) is 74.1 Å². The third-order valence-corrected chi connectivity index (χ3v) is 24.2. The Bertz CT molecular complexity index is 7090. The first-order valence-corrected chi connectivity index (χ1v) is 43.4. The van der Waals surface area contributed by atoms with Gasteiger partial charge in [-0.1, -0.05) is 181 Å². The molecule has 30 heteroatoms. The standard InChI is InChI=1S/C23H22N4O2.C22H19ClN4O.C22H20N4O2.C18H16N4O2.C17H15N5O/c1-26(2)23-24-20-17-5-3-4-6-18(17)22(28)19(21(20)25-23)15-7-9-16(10-8-15)27-11-13-29-14-12-27;1-26-10-12-27(13-11-26)22-24-19-14-6-2-3-7-15(14)21(28)18(20(19)25-22)16-8-4-5-9-17(16)23;1-25(2)21(28)14-9-7-8-13(12-14)17-19-18(23-22(24-19)26(3)4)15-10-5-6-11-16(15)20(17)27;1-9-13(10(2)24-21-9)14-16-15(19-18(20-16)22(3)4)11-7-5-6-8-12(11)17(14)23;1-21(2)17-19-14-11-6-4-5-7-12(11)16(23)13(15(14)20-17)10-8-18-22(3)9-10/h3-10H,11-14H2,1-2H3;2-9H,10-13H2,1H3;5-12H,1-4H3;5-8H,1-4H3;4-9H,1-3H3. The molecule has 0 saturated carbocycles. The molecule has 2 fully saturated rings. The normalized spacial score (nSPS) is 17.0. The van der Waals surface area contributed by atoms with Crippen molar-refractivity contribution in [2.75, 3.05) is 135 Å². The Labute approximate surface area is 767 Å². The van der Waals surface area contributed by atoms with E-state index in [1.54, 1.807) is 62.2 Å². The Morgan fingerprint density at radius 2 is 0.750 bits per heavy atom. The van der Waals surface area contributed by atoms with E-state index < -0.39 is 0 Å². The fraction of sp³-hybridized carbons (Fsp3) is 0.216. The van der Waals surface area contributed by atoms with Crippen LogP contribution in [0.4, 0.5) is 5.69 Å². The lowest BCUT2D eigenvalue weighted by Gasteiger charge is -2.32. The van der Waals surface area contributed by atoms with E-state index in [0.29, 0.717) is 158 Å². The Balaban J connectivity index is 0.000000111. The van der Waals surface area contributed by atoms with Crippen LogP contribution >= 0.6 is 11.6 Å². The molecule has 660 valence electrons. The number of carbonyl (C=O) groups is 6. The predicted molar refractivity (Wildman–Crippen MR) is 517 cm³/mol. The van der Waals surface area contributed by atoms with Crippen molar-refractivity contribution >= 4 is 138 Å². The van der Waals surface area contributed by atoms with Crippen LogP contribution in [0.1, 0.15) is 129 Å². The van der Waals surface area contributed by atoms with Crippen molar-refractivity contribution in [3.05, 3.63) is 340 Å². The summed E-state index contributed by atoms with van der Waals surface area (Å²) in [5.74, 6) is 3.24. The molecule has 0 N–H and O–H groups in total. The number of benzene rings is 8. The van der Waals surface area contributed by atoms with E-state index in [1.165, 1.54) is 4.90 Å². The van der Waals surface area contributed by atoms with Crippen molar-refractivity contribution in [2.45, 2.75) is 13.8 Å². The number of morpholine rings is 1. The second-order valence-electron chi connectivity index (χ2n) is 33.7. The zero-order chi connectivity index (χ0) is 92.4.